The maximum absolute atomic E-state index is 12.8. The molecule has 0 bridgehead atoms. The third-order valence-electron chi connectivity index (χ3n) is 4.93. The number of piperidine rings is 1. The highest BCUT2D eigenvalue weighted by molar-refractivity contribution is 6.33. The molecule has 0 radical (unpaired) electrons. The Balaban J connectivity index is 1.54. The molecule has 0 aromatic heterocycles. The summed E-state index contributed by atoms with van der Waals surface area (Å²) in [5.74, 6) is 0.869. The Kier molecular flexibility index (Phi) is 7.15. The molecule has 0 aliphatic carbocycles. The van der Waals surface area contributed by atoms with Crippen LogP contribution in [0.5, 0.6) is 5.75 Å². The molecule has 154 valence electrons. The molecule has 1 atom stereocenters. The minimum atomic E-state index is -0.0902. The molecule has 1 N–H and O–H groups in total. The van der Waals surface area contributed by atoms with Crippen LogP contribution in [0.15, 0.2) is 48.5 Å². The molecule has 6 heteroatoms. The van der Waals surface area contributed by atoms with Crippen molar-refractivity contribution in [3.63, 3.8) is 0 Å². The normalized spacial score (nSPS) is 16.6. The molecule has 2 amide bonds. The second kappa shape index (κ2) is 9.79. The van der Waals surface area contributed by atoms with E-state index in [0.717, 1.165) is 25.1 Å². The standard InChI is InChI=1S/C23H27ClN2O3/c1-16(2)25-22(27)18-9-11-19(12-10-18)29-15-17-6-5-13-26(14-17)23(28)20-7-3-4-8-21(20)24/h3-4,7-12,16-17H,5-6,13-15H2,1-2H3,(H,25,27)/t17-/m0/s1. The Hall–Kier alpha value is -2.53. The van der Waals surface area contributed by atoms with Crippen LogP contribution in [0.25, 0.3) is 0 Å². The molecule has 29 heavy (non-hydrogen) atoms. The molecule has 0 spiro atoms. The number of likely N-dealkylation sites (tertiary alicyclic amines) is 1. The molecule has 1 fully saturated rings. The molecule has 2 aromatic carbocycles. The first kappa shape index (κ1) is 21.2. The highest BCUT2D eigenvalue weighted by atomic mass is 35.5. The molecule has 0 saturated carbocycles. The summed E-state index contributed by atoms with van der Waals surface area (Å²) in [6.07, 6.45) is 1.96. The third kappa shape index (κ3) is 5.73. The molecule has 1 saturated heterocycles. The van der Waals surface area contributed by atoms with Crippen molar-refractivity contribution in [3.8, 4) is 5.75 Å². The molecular weight excluding hydrogens is 388 g/mol. The van der Waals surface area contributed by atoms with Gasteiger partial charge in [0.05, 0.1) is 17.2 Å². The zero-order valence-electron chi connectivity index (χ0n) is 16.9. The summed E-state index contributed by atoms with van der Waals surface area (Å²) in [5.41, 5.74) is 1.16. The van der Waals surface area contributed by atoms with Gasteiger partial charge in [-0.15, -0.1) is 0 Å². The Morgan fingerprint density at radius 1 is 1.17 bits per heavy atom. The van der Waals surface area contributed by atoms with Crippen LogP contribution in [-0.2, 0) is 0 Å². The van der Waals surface area contributed by atoms with E-state index in [0.29, 0.717) is 29.3 Å². The largest absolute Gasteiger partial charge is 0.493 e. The number of nitrogens with zero attached hydrogens (tertiary/aromatic N) is 1. The minimum Gasteiger partial charge on any atom is -0.493 e. The average Bonchev–Trinajstić information content (AvgIpc) is 2.72. The van der Waals surface area contributed by atoms with Crippen LogP contribution in [0.3, 0.4) is 0 Å². The SMILES string of the molecule is CC(C)NC(=O)c1ccc(OC[C@H]2CCCN(C(=O)c3ccccc3Cl)C2)cc1. The van der Waals surface area contributed by atoms with Crippen LogP contribution in [0, 0.1) is 5.92 Å². The highest BCUT2D eigenvalue weighted by Gasteiger charge is 2.26. The number of hydrogen-bond donors (Lipinski definition) is 1. The lowest BCUT2D eigenvalue weighted by atomic mass is 9.98. The van der Waals surface area contributed by atoms with Gasteiger partial charge >= 0.3 is 0 Å². The predicted octanol–water partition coefficient (Wildman–Crippen LogP) is 4.41. The Bertz CT molecular complexity index is 851. The average molecular weight is 415 g/mol. The van der Waals surface area contributed by atoms with Crippen LogP contribution >= 0.6 is 11.6 Å². The first-order valence-electron chi connectivity index (χ1n) is 10.0. The van der Waals surface area contributed by atoms with Gasteiger partial charge in [0.1, 0.15) is 5.75 Å². The predicted molar refractivity (Wildman–Crippen MR) is 115 cm³/mol. The van der Waals surface area contributed by atoms with Crippen molar-refractivity contribution in [2.45, 2.75) is 32.7 Å². The second-order valence-electron chi connectivity index (χ2n) is 7.70. The van der Waals surface area contributed by atoms with Crippen molar-refractivity contribution in [2.75, 3.05) is 19.7 Å². The van der Waals surface area contributed by atoms with Crippen LogP contribution in [0.1, 0.15) is 47.4 Å². The fourth-order valence-electron chi connectivity index (χ4n) is 3.45. The Morgan fingerprint density at radius 3 is 2.59 bits per heavy atom. The van der Waals surface area contributed by atoms with Gasteiger partial charge in [-0.25, -0.2) is 0 Å². The molecule has 5 nitrogen and oxygen atoms in total. The highest BCUT2D eigenvalue weighted by Crippen LogP contribution is 2.23. The summed E-state index contributed by atoms with van der Waals surface area (Å²) < 4.78 is 5.92. The van der Waals surface area contributed by atoms with E-state index in [1.54, 1.807) is 24.3 Å². The number of nitrogens with one attached hydrogen (secondary N) is 1. The molecule has 1 aliphatic heterocycles. The number of rotatable bonds is 6. The van der Waals surface area contributed by atoms with Crippen molar-refractivity contribution in [1.82, 2.24) is 10.2 Å². The van der Waals surface area contributed by atoms with Gasteiger partial charge in [-0.3, -0.25) is 9.59 Å². The maximum atomic E-state index is 12.8. The smallest absolute Gasteiger partial charge is 0.255 e. The first-order valence-corrected chi connectivity index (χ1v) is 10.4. The number of ether oxygens (including phenoxy) is 1. The van der Waals surface area contributed by atoms with Crippen molar-refractivity contribution < 1.29 is 14.3 Å². The fourth-order valence-corrected chi connectivity index (χ4v) is 3.67. The van der Waals surface area contributed by atoms with E-state index in [1.165, 1.54) is 0 Å². The lowest BCUT2D eigenvalue weighted by Gasteiger charge is -2.33. The summed E-state index contributed by atoms with van der Waals surface area (Å²) in [6.45, 7) is 5.78. The summed E-state index contributed by atoms with van der Waals surface area (Å²) in [7, 11) is 0. The van der Waals surface area contributed by atoms with Gasteiger partial charge < -0.3 is 15.0 Å². The van der Waals surface area contributed by atoms with Gasteiger partial charge in [0, 0.05) is 30.6 Å². The lowest BCUT2D eigenvalue weighted by molar-refractivity contribution is 0.0633. The van der Waals surface area contributed by atoms with Crippen LogP contribution in [0.4, 0.5) is 0 Å². The summed E-state index contributed by atoms with van der Waals surface area (Å²) in [6, 6.07) is 14.4. The van der Waals surface area contributed by atoms with Crippen molar-refractivity contribution in [3.05, 3.63) is 64.7 Å². The zero-order chi connectivity index (χ0) is 20.8. The number of hydrogen-bond acceptors (Lipinski definition) is 3. The van der Waals surface area contributed by atoms with E-state index in [2.05, 4.69) is 5.32 Å². The first-order chi connectivity index (χ1) is 13.9. The van der Waals surface area contributed by atoms with Crippen LogP contribution in [-0.4, -0.2) is 42.5 Å². The molecule has 3 rings (SSSR count). The fraction of sp³-hybridized carbons (Fsp3) is 0.391. The van der Waals surface area contributed by atoms with Gasteiger partial charge in [-0.05, 0) is 63.1 Å². The third-order valence-corrected chi connectivity index (χ3v) is 5.26. The summed E-state index contributed by atoms with van der Waals surface area (Å²) in [5, 5.41) is 3.35. The Morgan fingerprint density at radius 2 is 1.90 bits per heavy atom. The molecule has 1 heterocycles. The van der Waals surface area contributed by atoms with E-state index >= 15 is 0 Å². The number of carbonyl (C=O) groups is 2. The quantitative estimate of drug-likeness (QED) is 0.761. The van der Waals surface area contributed by atoms with Gasteiger partial charge in [0.25, 0.3) is 11.8 Å². The summed E-state index contributed by atoms with van der Waals surface area (Å²) >= 11 is 6.18. The van der Waals surface area contributed by atoms with Gasteiger partial charge in [-0.2, -0.15) is 0 Å². The number of benzene rings is 2. The maximum Gasteiger partial charge on any atom is 0.255 e. The van der Waals surface area contributed by atoms with Crippen molar-refractivity contribution in [1.29, 1.82) is 0 Å². The zero-order valence-corrected chi connectivity index (χ0v) is 17.6. The monoisotopic (exact) mass is 414 g/mol. The number of amides is 2. The molecule has 1 aliphatic rings. The van der Waals surface area contributed by atoms with E-state index in [-0.39, 0.29) is 23.8 Å². The van der Waals surface area contributed by atoms with Crippen molar-refractivity contribution in [2.24, 2.45) is 5.92 Å². The van der Waals surface area contributed by atoms with Gasteiger partial charge in [0.15, 0.2) is 0 Å². The van der Waals surface area contributed by atoms with E-state index < -0.39 is 0 Å². The molecule has 2 aromatic rings. The topological polar surface area (TPSA) is 58.6 Å². The number of carbonyl (C=O) groups excluding carboxylic acids is 2. The second-order valence-corrected chi connectivity index (χ2v) is 8.11. The van der Waals surface area contributed by atoms with Gasteiger partial charge in [-0.1, -0.05) is 23.7 Å². The van der Waals surface area contributed by atoms with E-state index in [1.807, 2.05) is 43.0 Å². The lowest BCUT2D eigenvalue weighted by Crippen LogP contribution is -2.41. The number of halogens is 1. The minimum absolute atomic E-state index is 0.0270. The molecule has 0 unspecified atom stereocenters. The summed E-state index contributed by atoms with van der Waals surface area (Å²) in [4.78, 5) is 26.7. The van der Waals surface area contributed by atoms with E-state index in [9.17, 15) is 9.59 Å². The molecular formula is C23H27ClN2O3. The van der Waals surface area contributed by atoms with Crippen molar-refractivity contribution >= 4 is 23.4 Å². The van der Waals surface area contributed by atoms with Crippen LogP contribution in [0.2, 0.25) is 5.02 Å². The van der Waals surface area contributed by atoms with Crippen LogP contribution < -0.4 is 10.1 Å². The van der Waals surface area contributed by atoms with E-state index in [4.69, 9.17) is 16.3 Å². The van der Waals surface area contributed by atoms with Gasteiger partial charge in [0.2, 0.25) is 0 Å². The Labute approximate surface area is 177 Å².